The van der Waals surface area contributed by atoms with Gasteiger partial charge in [0.05, 0.1) is 12.2 Å². The fourth-order valence-corrected chi connectivity index (χ4v) is 12.0. The molecule has 0 aromatic rings. The van der Waals surface area contributed by atoms with Crippen LogP contribution in [0.25, 0.3) is 0 Å². The van der Waals surface area contributed by atoms with E-state index < -0.39 is 16.5 Å². The van der Waals surface area contributed by atoms with E-state index in [4.69, 9.17) is 9.92 Å². The molecule has 4 fully saturated rings. The summed E-state index contributed by atoms with van der Waals surface area (Å²) in [6, 6.07) is 0.579. The molecule has 4 aliphatic rings. The molecule has 1 unspecified atom stereocenters. The summed E-state index contributed by atoms with van der Waals surface area (Å²) in [7, 11) is -4.46. The van der Waals surface area contributed by atoms with Gasteiger partial charge in [0.2, 0.25) is 0 Å². The number of fused-ring (bicyclic) bond motifs is 5. The van der Waals surface area contributed by atoms with E-state index in [-0.39, 0.29) is 17.4 Å². The predicted molar refractivity (Wildman–Crippen MR) is 192 cm³/mol. The van der Waals surface area contributed by atoms with Gasteiger partial charge in [-0.2, -0.15) is 8.42 Å². The van der Waals surface area contributed by atoms with Crippen LogP contribution in [0.15, 0.2) is 0 Å². The van der Waals surface area contributed by atoms with Gasteiger partial charge in [-0.25, -0.2) is 4.18 Å². The van der Waals surface area contributed by atoms with Crippen LogP contribution in [0.2, 0.25) is 0 Å². The predicted octanol–water partition coefficient (Wildman–Crippen LogP) is 7.11. The average Bonchev–Trinajstić information content (AvgIpc) is 3.36. The third-order valence-corrected chi connectivity index (χ3v) is 14.6. The van der Waals surface area contributed by atoms with E-state index in [1.165, 1.54) is 89.9 Å². The van der Waals surface area contributed by atoms with Crippen molar-refractivity contribution in [3.8, 4) is 0 Å². The highest BCUT2D eigenvalue weighted by Gasteiger charge is 2.62. The molecule has 4 saturated carbocycles. The van der Waals surface area contributed by atoms with Crippen molar-refractivity contribution < 1.29 is 22.3 Å². The summed E-state index contributed by atoms with van der Waals surface area (Å²) >= 11 is 0. The SMILES string of the molecule is CC(C)[C@@H](CC[C@@H](C)[C@H]1CC[C@H]2[C@H]3C(CC[C@]12C)[C@@]1(C)CC[C@H](NCCCNCCCCCCCCN)C[C@@H]1C[C@H]3O)OS(=O)(=O)O. The smallest absolute Gasteiger partial charge is 0.393 e. The lowest BCUT2D eigenvalue weighted by molar-refractivity contribution is -0.167. The van der Waals surface area contributed by atoms with Crippen molar-refractivity contribution in [2.75, 3.05) is 26.2 Å². The summed E-state index contributed by atoms with van der Waals surface area (Å²) < 4.78 is 37.2. The summed E-state index contributed by atoms with van der Waals surface area (Å²) in [4.78, 5) is 0. The molecule has 47 heavy (non-hydrogen) atoms. The summed E-state index contributed by atoms with van der Waals surface area (Å²) in [6.45, 7) is 15.5. The lowest BCUT2D eigenvalue weighted by atomic mass is 9.43. The Morgan fingerprint density at radius 3 is 2.19 bits per heavy atom. The van der Waals surface area contributed by atoms with E-state index in [9.17, 15) is 18.1 Å². The first-order valence-corrected chi connectivity index (χ1v) is 21.1. The average molecular weight is 684 g/mol. The van der Waals surface area contributed by atoms with Crippen LogP contribution < -0.4 is 16.4 Å². The van der Waals surface area contributed by atoms with Crippen LogP contribution in [0, 0.1) is 52.3 Å². The molecule has 4 aliphatic carbocycles. The van der Waals surface area contributed by atoms with E-state index in [1.54, 1.807) is 0 Å². The first-order chi connectivity index (χ1) is 22.3. The molecule has 0 aromatic carbocycles. The van der Waals surface area contributed by atoms with E-state index in [0.717, 1.165) is 39.0 Å². The molecule has 4 rings (SSSR count). The molecular formula is C38H73N3O5S. The molecule has 0 spiro atoms. The molecule has 0 saturated heterocycles. The number of hydrogen-bond donors (Lipinski definition) is 5. The highest BCUT2D eigenvalue weighted by molar-refractivity contribution is 7.80. The number of hydrogen-bond acceptors (Lipinski definition) is 7. The summed E-state index contributed by atoms with van der Waals surface area (Å²) in [5.41, 5.74) is 6.13. The standard InChI is InChI=1S/C38H73N3O5S/c1-27(2)35(46-47(43,44)45)16-13-28(3)31-14-15-32-36-33(18-20-38(31,32)5)37(4)19-17-30(25-29(37)26-34(36)42)41-24-12-23-40-22-11-9-7-6-8-10-21-39/h27-36,40-42H,6-26,39H2,1-5H3,(H,43,44,45)/t28-,29-,30+,31-,32+,33?,34-,35-,36+,37+,38-/m1/s1. The van der Waals surface area contributed by atoms with Crippen LogP contribution in [-0.2, 0) is 14.6 Å². The first kappa shape index (κ1) is 39.5. The minimum atomic E-state index is -4.46. The second-order valence-corrected chi connectivity index (χ2v) is 18.4. The van der Waals surface area contributed by atoms with Crippen molar-refractivity contribution in [3.63, 3.8) is 0 Å². The lowest BCUT2D eigenvalue weighted by Crippen LogP contribution is -2.59. The summed E-state index contributed by atoms with van der Waals surface area (Å²) in [6.07, 6.45) is 19.3. The second-order valence-electron chi connectivity index (χ2n) is 17.3. The maximum absolute atomic E-state index is 11.8. The largest absolute Gasteiger partial charge is 0.397 e. The summed E-state index contributed by atoms with van der Waals surface area (Å²) in [5.74, 6) is 3.22. The van der Waals surface area contributed by atoms with Crippen LogP contribution in [-0.4, -0.2) is 62.5 Å². The van der Waals surface area contributed by atoms with Gasteiger partial charge in [0, 0.05) is 6.04 Å². The number of nitrogens with one attached hydrogen (secondary N) is 2. The molecule has 8 nitrogen and oxygen atoms in total. The van der Waals surface area contributed by atoms with Crippen molar-refractivity contribution in [3.05, 3.63) is 0 Å². The van der Waals surface area contributed by atoms with Crippen LogP contribution in [0.4, 0.5) is 0 Å². The molecule has 0 amide bonds. The first-order valence-electron chi connectivity index (χ1n) is 19.8. The molecule has 0 radical (unpaired) electrons. The van der Waals surface area contributed by atoms with Crippen LogP contribution >= 0.6 is 0 Å². The maximum atomic E-state index is 11.8. The maximum Gasteiger partial charge on any atom is 0.397 e. The molecular weight excluding hydrogens is 611 g/mol. The van der Waals surface area contributed by atoms with E-state index in [1.807, 2.05) is 13.8 Å². The fraction of sp³-hybridized carbons (Fsp3) is 1.00. The zero-order chi connectivity index (χ0) is 34.2. The van der Waals surface area contributed by atoms with Crippen molar-refractivity contribution >= 4 is 10.4 Å². The molecule has 11 atom stereocenters. The van der Waals surface area contributed by atoms with Gasteiger partial charge >= 0.3 is 10.4 Å². The number of unbranched alkanes of at least 4 members (excludes halogenated alkanes) is 5. The number of rotatable bonds is 20. The molecule has 0 heterocycles. The molecule has 0 aliphatic heterocycles. The van der Waals surface area contributed by atoms with Gasteiger partial charge in [-0.1, -0.05) is 60.3 Å². The fourth-order valence-electron chi connectivity index (χ4n) is 11.4. The van der Waals surface area contributed by atoms with Crippen LogP contribution in [0.1, 0.15) is 144 Å². The normalized spacial score (nSPS) is 36.9. The second kappa shape index (κ2) is 17.8. The molecule has 0 bridgehead atoms. The number of aliphatic hydroxyl groups excluding tert-OH is 1. The van der Waals surface area contributed by atoms with Crippen LogP contribution in [0.5, 0.6) is 0 Å². The van der Waals surface area contributed by atoms with Crippen molar-refractivity contribution in [2.24, 2.45) is 58.0 Å². The Labute approximate surface area is 288 Å². The zero-order valence-electron chi connectivity index (χ0n) is 30.7. The van der Waals surface area contributed by atoms with Gasteiger partial charge in [-0.05, 0) is 162 Å². The van der Waals surface area contributed by atoms with Gasteiger partial charge in [-0.3, -0.25) is 4.55 Å². The van der Waals surface area contributed by atoms with Crippen molar-refractivity contribution in [1.82, 2.24) is 10.6 Å². The Morgan fingerprint density at radius 1 is 0.830 bits per heavy atom. The Kier molecular flexibility index (Phi) is 14.9. The van der Waals surface area contributed by atoms with Gasteiger partial charge in [0.1, 0.15) is 0 Å². The topological polar surface area (TPSA) is 134 Å². The van der Waals surface area contributed by atoms with Crippen molar-refractivity contribution in [2.45, 2.75) is 162 Å². The highest BCUT2D eigenvalue weighted by atomic mass is 32.3. The highest BCUT2D eigenvalue weighted by Crippen LogP contribution is 2.68. The van der Waals surface area contributed by atoms with Gasteiger partial charge < -0.3 is 21.5 Å². The minimum absolute atomic E-state index is 0.0154. The van der Waals surface area contributed by atoms with E-state index in [2.05, 4.69) is 31.4 Å². The van der Waals surface area contributed by atoms with E-state index in [0.29, 0.717) is 53.4 Å². The molecule has 0 aromatic heterocycles. The molecule has 276 valence electrons. The van der Waals surface area contributed by atoms with Gasteiger partial charge in [0.15, 0.2) is 0 Å². The molecule has 6 N–H and O–H groups in total. The molecule has 9 heteroatoms. The Hall–Kier alpha value is -0.290. The lowest BCUT2D eigenvalue weighted by Gasteiger charge is -2.62. The number of nitrogens with two attached hydrogens (primary N) is 1. The monoisotopic (exact) mass is 684 g/mol. The quantitative estimate of drug-likeness (QED) is 0.0677. The Morgan fingerprint density at radius 2 is 1.49 bits per heavy atom. The minimum Gasteiger partial charge on any atom is -0.393 e. The van der Waals surface area contributed by atoms with E-state index >= 15 is 0 Å². The van der Waals surface area contributed by atoms with Gasteiger partial charge in [-0.15, -0.1) is 0 Å². The van der Waals surface area contributed by atoms with Crippen molar-refractivity contribution in [1.29, 1.82) is 0 Å². The zero-order valence-corrected chi connectivity index (χ0v) is 31.5. The third-order valence-electron chi connectivity index (χ3n) is 14.1. The Bertz CT molecular complexity index is 1040. The Balaban J connectivity index is 1.23. The summed E-state index contributed by atoms with van der Waals surface area (Å²) in [5, 5.41) is 19.4. The number of aliphatic hydroxyl groups is 1. The van der Waals surface area contributed by atoms with Gasteiger partial charge in [0.25, 0.3) is 0 Å². The van der Waals surface area contributed by atoms with Crippen LogP contribution in [0.3, 0.4) is 0 Å². The third kappa shape index (κ3) is 10.2.